The van der Waals surface area contributed by atoms with Crippen LogP contribution >= 0.6 is 27.7 Å². The van der Waals surface area contributed by atoms with Gasteiger partial charge in [0, 0.05) is 28.9 Å². The molecule has 0 aliphatic carbocycles. The number of benzene rings is 1. The molecule has 0 saturated carbocycles. The molecule has 104 valence electrons. The fraction of sp³-hybridized carbons (Fsp3) is 0.143. The Morgan fingerprint density at radius 3 is 2.90 bits per heavy atom. The Hall–Kier alpha value is -1.53. The van der Waals surface area contributed by atoms with Crippen molar-refractivity contribution >= 4 is 39.3 Å². The molecule has 0 spiro atoms. The number of nitrogens with two attached hydrogens (primary N) is 1. The minimum atomic E-state index is -0.116. The predicted molar refractivity (Wildman–Crippen MR) is 84.9 cm³/mol. The molecule has 0 aliphatic rings. The second-order valence-electron chi connectivity index (χ2n) is 4.00. The summed E-state index contributed by atoms with van der Waals surface area (Å²) >= 11 is 4.91. The standard InChI is InChI=1S/C14H14BrN3OS/c1-2-17-13(19)9-5-6-12(11(16)8-9)20-14-10(15)4-3-7-18-14/h3-8H,2,16H2,1H3,(H,17,19). The second kappa shape index (κ2) is 6.76. The van der Waals surface area contributed by atoms with E-state index in [0.717, 1.165) is 14.4 Å². The highest BCUT2D eigenvalue weighted by Gasteiger charge is 2.10. The van der Waals surface area contributed by atoms with E-state index in [-0.39, 0.29) is 5.91 Å². The monoisotopic (exact) mass is 351 g/mol. The number of nitrogen functional groups attached to an aromatic ring is 1. The smallest absolute Gasteiger partial charge is 0.251 e. The van der Waals surface area contributed by atoms with Gasteiger partial charge in [-0.15, -0.1) is 0 Å². The molecule has 1 aromatic heterocycles. The first-order valence-corrected chi connectivity index (χ1v) is 7.69. The van der Waals surface area contributed by atoms with Crippen molar-refractivity contribution in [2.24, 2.45) is 0 Å². The highest BCUT2D eigenvalue weighted by Crippen LogP contribution is 2.35. The van der Waals surface area contributed by atoms with Gasteiger partial charge in [0.2, 0.25) is 0 Å². The van der Waals surface area contributed by atoms with E-state index in [1.807, 2.05) is 25.1 Å². The quantitative estimate of drug-likeness (QED) is 0.829. The van der Waals surface area contributed by atoms with E-state index in [0.29, 0.717) is 17.8 Å². The van der Waals surface area contributed by atoms with Crippen molar-refractivity contribution < 1.29 is 4.79 Å². The lowest BCUT2D eigenvalue weighted by Gasteiger charge is -2.08. The van der Waals surface area contributed by atoms with Gasteiger partial charge in [-0.2, -0.15) is 0 Å². The van der Waals surface area contributed by atoms with Crippen molar-refractivity contribution in [1.82, 2.24) is 10.3 Å². The molecule has 0 fully saturated rings. The fourth-order valence-electron chi connectivity index (χ4n) is 1.60. The first-order chi connectivity index (χ1) is 9.61. The summed E-state index contributed by atoms with van der Waals surface area (Å²) < 4.78 is 0.914. The van der Waals surface area contributed by atoms with Gasteiger partial charge in [-0.05, 0) is 53.2 Å². The Bertz CT molecular complexity index is 634. The second-order valence-corrected chi connectivity index (χ2v) is 5.89. The Balaban J connectivity index is 2.22. The molecule has 1 heterocycles. The Morgan fingerprint density at radius 2 is 2.25 bits per heavy atom. The lowest BCUT2D eigenvalue weighted by atomic mass is 10.2. The summed E-state index contributed by atoms with van der Waals surface area (Å²) in [5.74, 6) is -0.116. The molecule has 4 nitrogen and oxygen atoms in total. The van der Waals surface area contributed by atoms with Gasteiger partial charge in [-0.1, -0.05) is 11.8 Å². The van der Waals surface area contributed by atoms with E-state index >= 15 is 0 Å². The maximum Gasteiger partial charge on any atom is 0.251 e. The van der Waals surface area contributed by atoms with E-state index < -0.39 is 0 Å². The summed E-state index contributed by atoms with van der Waals surface area (Å²) in [6.45, 7) is 2.47. The average Bonchev–Trinajstić information content (AvgIpc) is 2.43. The Labute approximate surface area is 130 Å². The average molecular weight is 352 g/mol. The molecule has 2 rings (SSSR count). The predicted octanol–water partition coefficient (Wildman–Crippen LogP) is 3.33. The van der Waals surface area contributed by atoms with Crippen LogP contribution in [-0.4, -0.2) is 17.4 Å². The molecule has 3 N–H and O–H groups in total. The number of nitrogens with zero attached hydrogens (tertiary/aromatic N) is 1. The number of aromatic nitrogens is 1. The summed E-state index contributed by atoms with van der Waals surface area (Å²) in [4.78, 5) is 16.9. The van der Waals surface area contributed by atoms with Crippen LogP contribution < -0.4 is 11.1 Å². The molecule has 0 saturated heterocycles. The minimum Gasteiger partial charge on any atom is -0.398 e. The molecule has 20 heavy (non-hydrogen) atoms. The largest absolute Gasteiger partial charge is 0.398 e. The third-order valence-corrected chi connectivity index (χ3v) is 4.55. The number of amides is 1. The van der Waals surface area contributed by atoms with Crippen molar-refractivity contribution in [3.8, 4) is 0 Å². The molecule has 0 bridgehead atoms. The van der Waals surface area contributed by atoms with Crippen LogP contribution in [0.4, 0.5) is 5.69 Å². The zero-order valence-corrected chi connectivity index (χ0v) is 13.3. The Morgan fingerprint density at radius 1 is 1.45 bits per heavy atom. The highest BCUT2D eigenvalue weighted by atomic mass is 79.9. The number of halogens is 1. The van der Waals surface area contributed by atoms with Crippen LogP contribution in [0.25, 0.3) is 0 Å². The number of anilines is 1. The first kappa shape index (κ1) is 14.9. The van der Waals surface area contributed by atoms with Gasteiger partial charge in [0.25, 0.3) is 5.91 Å². The van der Waals surface area contributed by atoms with E-state index in [9.17, 15) is 4.79 Å². The third kappa shape index (κ3) is 3.52. The molecule has 0 aliphatic heterocycles. The molecule has 1 aromatic carbocycles. The number of pyridine rings is 1. The van der Waals surface area contributed by atoms with Crippen LogP contribution in [0.2, 0.25) is 0 Å². The molecule has 2 aromatic rings. The SMILES string of the molecule is CCNC(=O)c1ccc(Sc2ncccc2Br)c(N)c1. The molecule has 1 amide bonds. The van der Waals surface area contributed by atoms with E-state index in [4.69, 9.17) is 5.73 Å². The van der Waals surface area contributed by atoms with Crippen LogP contribution in [-0.2, 0) is 0 Å². The van der Waals surface area contributed by atoms with Crippen LogP contribution in [0.1, 0.15) is 17.3 Å². The molecule has 0 radical (unpaired) electrons. The van der Waals surface area contributed by atoms with E-state index in [1.54, 1.807) is 18.3 Å². The van der Waals surface area contributed by atoms with Crippen molar-refractivity contribution in [3.63, 3.8) is 0 Å². The Kier molecular flexibility index (Phi) is 5.03. The molecular formula is C14H14BrN3OS. The van der Waals surface area contributed by atoms with Gasteiger partial charge in [0.1, 0.15) is 5.03 Å². The highest BCUT2D eigenvalue weighted by molar-refractivity contribution is 9.10. The van der Waals surface area contributed by atoms with Crippen LogP contribution in [0.3, 0.4) is 0 Å². The van der Waals surface area contributed by atoms with Crippen molar-refractivity contribution in [1.29, 1.82) is 0 Å². The van der Waals surface area contributed by atoms with Gasteiger partial charge >= 0.3 is 0 Å². The first-order valence-electron chi connectivity index (χ1n) is 6.08. The third-order valence-electron chi connectivity index (χ3n) is 2.54. The van der Waals surface area contributed by atoms with Gasteiger partial charge < -0.3 is 11.1 Å². The normalized spacial score (nSPS) is 10.3. The number of carbonyl (C=O) groups is 1. The zero-order valence-electron chi connectivity index (χ0n) is 10.9. The number of rotatable bonds is 4. The van der Waals surface area contributed by atoms with Crippen molar-refractivity contribution in [2.75, 3.05) is 12.3 Å². The van der Waals surface area contributed by atoms with Gasteiger partial charge in [0.15, 0.2) is 0 Å². The van der Waals surface area contributed by atoms with Gasteiger partial charge in [-0.3, -0.25) is 4.79 Å². The van der Waals surface area contributed by atoms with Crippen molar-refractivity contribution in [2.45, 2.75) is 16.8 Å². The number of nitrogens with one attached hydrogen (secondary N) is 1. The van der Waals surface area contributed by atoms with Crippen LogP contribution in [0.15, 0.2) is 50.9 Å². The summed E-state index contributed by atoms with van der Waals surface area (Å²) in [5.41, 5.74) is 7.14. The molecular weight excluding hydrogens is 338 g/mol. The number of carbonyl (C=O) groups excluding carboxylic acids is 1. The zero-order chi connectivity index (χ0) is 14.5. The lowest BCUT2D eigenvalue weighted by Crippen LogP contribution is -2.22. The number of hydrogen-bond acceptors (Lipinski definition) is 4. The van der Waals surface area contributed by atoms with Crippen LogP contribution in [0.5, 0.6) is 0 Å². The van der Waals surface area contributed by atoms with Gasteiger partial charge in [0.05, 0.1) is 4.47 Å². The summed E-state index contributed by atoms with van der Waals surface area (Å²) in [7, 11) is 0. The topological polar surface area (TPSA) is 68.0 Å². The minimum absolute atomic E-state index is 0.116. The number of hydrogen-bond donors (Lipinski definition) is 2. The summed E-state index contributed by atoms with van der Waals surface area (Å²) in [6, 6.07) is 9.07. The van der Waals surface area contributed by atoms with Gasteiger partial charge in [-0.25, -0.2) is 4.98 Å². The van der Waals surface area contributed by atoms with Crippen molar-refractivity contribution in [3.05, 3.63) is 46.6 Å². The lowest BCUT2D eigenvalue weighted by molar-refractivity contribution is 0.0956. The molecule has 0 atom stereocenters. The fourth-order valence-corrected chi connectivity index (χ4v) is 2.89. The maximum atomic E-state index is 11.7. The molecule has 6 heteroatoms. The summed E-state index contributed by atoms with van der Waals surface area (Å²) in [6.07, 6.45) is 1.73. The summed E-state index contributed by atoms with van der Waals surface area (Å²) in [5, 5.41) is 3.58. The van der Waals surface area contributed by atoms with E-state index in [1.165, 1.54) is 11.8 Å². The maximum absolute atomic E-state index is 11.7. The van der Waals surface area contributed by atoms with Crippen LogP contribution in [0, 0.1) is 0 Å². The molecule has 0 unspecified atom stereocenters. The van der Waals surface area contributed by atoms with E-state index in [2.05, 4.69) is 26.2 Å².